The number of methoxy groups -OCH3 is 1. The molecule has 1 fully saturated rings. The minimum absolute atomic E-state index is 0.103. The molecule has 4 N–H and O–H groups in total. The number of hydrogen-bond acceptors (Lipinski definition) is 7. The van der Waals surface area contributed by atoms with Crippen molar-refractivity contribution >= 4 is 45.7 Å². The van der Waals surface area contributed by atoms with E-state index in [9.17, 15) is 27.2 Å². The molecule has 14 heteroatoms. The number of halogens is 5. The lowest BCUT2D eigenvalue weighted by atomic mass is 10.1. The number of nitrogens with two attached hydrogens (primary N) is 1. The van der Waals surface area contributed by atoms with Crippen molar-refractivity contribution in [3.8, 4) is 23.0 Å². The lowest BCUT2D eigenvalue weighted by Gasteiger charge is -2.16. The van der Waals surface area contributed by atoms with E-state index in [1.54, 1.807) is 12.1 Å². The van der Waals surface area contributed by atoms with Crippen LogP contribution in [0.1, 0.15) is 18.4 Å². The molecule has 0 atom stereocenters. The Bertz CT molecular complexity index is 1730. The number of fused-ring (bicyclic) bond motifs is 1. The Balaban J connectivity index is 1.28. The van der Waals surface area contributed by atoms with Gasteiger partial charge in [0.15, 0.2) is 23.1 Å². The number of anilines is 2. The van der Waals surface area contributed by atoms with Crippen LogP contribution in [0.15, 0.2) is 60.8 Å². The summed E-state index contributed by atoms with van der Waals surface area (Å²) in [5, 5.41) is 4.17. The van der Waals surface area contributed by atoms with Gasteiger partial charge in [-0.05, 0) is 55.3 Å². The second-order valence-electron chi connectivity index (χ2n) is 9.83. The first-order valence-corrected chi connectivity index (χ1v) is 13.1. The zero-order valence-electron chi connectivity index (χ0n) is 22.4. The molecule has 1 aliphatic carbocycles. The molecule has 1 aromatic heterocycles. The first kappa shape index (κ1) is 29.9. The van der Waals surface area contributed by atoms with E-state index < -0.39 is 34.4 Å². The van der Waals surface area contributed by atoms with E-state index in [0.29, 0.717) is 35.1 Å². The summed E-state index contributed by atoms with van der Waals surface area (Å²) in [6.07, 6.45) is -1.55. The normalized spacial score (nSPS) is 13.7. The fraction of sp³-hybridized carbons (Fsp3) is 0.207. The van der Waals surface area contributed by atoms with Crippen LogP contribution in [-0.2, 0) is 15.8 Å². The number of alkyl halides is 3. The van der Waals surface area contributed by atoms with Crippen LogP contribution in [0.4, 0.5) is 28.9 Å². The highest BCUT2D eigenvalue weighted by molar-refractivity contribution is 6.43. The van der Waals surface area contributed by atoms with Crippen LogP contribution in [0.25, 0.3) is 10.9 Å². The number of carbonyl (C=O) groups is 2. The number of pyridine rings is 1. The Kier molecular flexibility index (Phi) is 8.04. The largest absolute Gasteiger partial charge is 0.493 e. The van der Waals surface area contributed by atoms with Crippen LogP contribution < -0.4 is 30.6 Å². The van der Waals surface area contributed by atoms with Gasteiger partial charge in [-0.25, -0.2) is 4.39 Å². The van der Waals surface area contributed by atoms with Crippen molar-refractivity contribution in [2.24, 2.45) is 5.73 Å². The molecule has 9 nitrogen and oxygen atoms in total. The molecule has 0 radical (unpaired) electrons. The van der Waals surface area contributed by atoms with E-state index >= 15 is 0 Å². The average molecular weight is 619 g/mol. The smallest absolute Gasteiger partial charge is 0.417 e. The predicted molar refractivity (Wildman–Crippen MR) is 150 cm³/mol. The van der Waals surface area contributed by atoms with Crippen LogP contribution in [0.3, 0.4) is 0 Å². The SMILES string of the molecule is COc1cc2c(Oc3ccc(NC(=O)C(=O)Nc4ccc(Cl)c(C(F)(F)F)c4)cc3F)ccnc2cc1OCC1(N)CC1. The van der Waals surface area contributed by atoms with Gasteiger partial charge in [-0.2, -0.15) is 13.2 Å². The zero-order valence-corrected chi connectivity index (χ0v) is 23.1. The lowest BCUT2D eigenvalue weighted by molar-refractivity contribution is -0.137. The lowest BCUT2D eigenvalue weighted by Crippen LogP contribution is -2.29. The van der Waals surface area contributed by atoms with Crippen molar-refractivity contribution < 1.29 is 41.4 Å². The average Bonchev–Trinajstić information content (AvgIpc) is 3.70. The van der Waals surface area contributed by atoms with Gasteiger partial charge in [0.05, 0.1) is 28.8 Å². The van der Waals surface area contributed by atoms with Crippen molar-refractivity contribution in [1.29, 1.82) is 0 Å². The van der Waals surface area contributed by atoms with E-state index in [1.165, 1.54) is 31.5 Å². The Morgan fingerprint density at radius 2 is 1.63 bits per heavy atom. The molecule has 0 bridgehead atoms. The third kappa shape index (κ3) is 6.89. The Hall–Kier alpha value is -4.62. The highest BCUT2D eigenvalue weighted by Gasteiger charge is 2.39. The maximum Gasteiger partial charge on any atom is 0.417 e. The summed E-state index contributed by atoms with van der Waals surface area (Å²) in [4.78, 5) is 28.9. The molecule has 1 heterocycles. The number of nitrogens with one attached hydrogen (secondary N) is 2. The number of benzene rings is 3. The summed E-state index contributed by atoms with van der Waals surface area (Å²) in [6.45, 7) is 0.320. The van der Waals surface area contributed by atoms with Gasteiger partial charge in [-0.3, -0.25) is 14.6 Å². The highest BCUT2D eigenvalue weighted by Crippen LogP contribution is 2.40. The van der Waals surface area contributed by atoms with Gasteiger partial charge in [0.2, 0.25) is 0 Å². The summed E-state index contributed by atoms with van der Waals surface area (Å²) in [5.74, 6) is -2.50. The molecule has 0 aliphatic heterocycles. The number of rotatable bonds is 8. The number of ether oxygens (including phenoxy) is 3. The Labute approximate surface area is 246 Å². The fourth-order valence-electron chi connectivity index (χ4n) is 3.99. The molecule has 3 aromatic carbocycles. The standard InChI is InChI=1S/C29H23ClF4N4O5/c1-41-24-12-17-21(13-25(24)42-14-28(35)7-8-28)36-9-6-22(17)43-23-5-3-16(11-20(23)31)38-27(40)26(39)37-15-2-4-19(30)18(10-15)29(32,33)34/h2-6,9-13H,7-8,14,35H2,1H3,(H,37,39)(H,38,40). The second-order valence-corrected chi connectivity index (χ2v) is 10.2. The molecule has 0 saturated heterocycles. The molecule has 43 heavy (non-hydrogen) atoms. The highest BCUT2D eigenvalue weighted by atomic mass is 35.5. The van der Waals surface area contributed by atoms with Crippen molar-refractivity contribution in [2.45, 2.75) is 24.6 Å². The summed E-state index contributed by atoms with van der Waals surface area (Å²) in [6, 6.07) is 10.9. The molecule has 5 rings (SSSR count). The number of hydrogen-bond donors (Lipinski definition) is 3. The van der Waals surface area contributed by atoms with Gasteiger partial charge in [-0.1, -0.05) is 11.6 Å². The second kappa shape index (κ2) is 11.6. The van der Waals surface area contributed by atoms with Gasteiger partial charge in [0.25, 0.3) is 0 Å². The maximum atomic E-state index is 15.0. The number of amides is 2. The van der Waals surface area contributed by atoms with Gasteiger partial charge >= 0.3 is 18.0 Å². The molecule has 1 saturated carbocycles. The van der Waals surface area contributed by atoms with Crippen LogP contribution in [0, 0.1) is 5.82 Å². The van der Waals surface area contributed by atoms with Crippen LogP contribution >= 0.6 is 11.6 Å². The molecule has 4 aromatic rings. The van der Waals surface area contributed by atoms with Crippen LogP contribution in [0.5, 0.6) is 23.0 Å². The van der Waals surface area contributed by atoms with Crippen molar-refractivity contribution in [3.05, 3.63) is 77.2 Å². The van der Waals surface area contributed by atoms with E-state index in [1.807, 2.05) is 5.32 Å². The molecule has 0 unspecified atom stereocenters. The summed E-state index contributed by atoms with van der Waals surface area (Å²) < 4.78 is 71.3. The summed E-state index contributed by atoms with van der Waals surface area (Å²) in [7, 11) is 1.47. The van der Waals surface area contributed by atoms with Gasteiger partial charge in [0, 0.05) is 35.1 Å². The van der Waals surface area contributed by atoms with E-state index in [0.717, 1.165) is 31.0 Å². The molecule has 2 amide bonds. The monoisotopic (exact) mass is 618 g/mol. The summed E-state index contributed by atoms with van der Waals surface area (Å²) >= 11 is 5.57. The molecular formula is C29H23ClF4N4O5. The van der Waals surface area contributed by atoms with Crippen molar-refractivity contribution in [2.75, 3.05) is 24.4 Å². The van der Waals surface area contributed by atoms with Gasteiger partial charge in [0.1, 0.15) is 12.4 Å². The van der Waals surface area contributed by atoms with Crippen LogP contribution in [0.2, 0.25) is 5.02 Å². The molecule has 0 spiro atoms. The number of carbonyl (C=O) groups excluding carboxylic acids is 2. The number of aromatic nitrogens is 1. The van der Waals surface area contributed by atoms with E-state index in [2.05, 4.69) is 10.3 Å². The fourth-order valence-corrected chi connectivity index (χ4v) is 4.22. The molecule has 1 aliphatic rings. The Morgan fingerprint density at radius 1 is 0.953 bits per heavy atom. The third-order valence-corrected chi connectivity index (χ3v) is 6.87. The maximum absolute atomic E-state index is 15.0. The quantitative estimate of drug-likeness (QED) is 0.156. The van der Waals surface area contributed by atoms with Gasteiger partial charge in [-0.15, -0.1) is 0 Å². The first-order valence-electron chi connectivity index (χ1n) is 12.7. The minimum Gasteiger partial charge on any atom is -0.493 e. The van der Waals surface area contributed by atoms with Crippen LogP contribution in [-0.4, -0.2) is 36.1 Å². The van der Waals surface area contributed by atoms with E-state index in [-0.39, 0.29) is 28.4 Å². The minimum atomic E-state index is -4.77. The van der Waals surface area contributed by atoms with Gasteiger partial charge < -0.3 is 30.6 Å². The topological polar surface area (TPSA) is 125 Å². The first-order chi connectivity index (χ1) is 20.3. The molecule has 224 valence electrons. The summed E-state index contributed by atoms with van der Waals surface area (Å²) in [5.41, 5.74) is 4.67. The van der Waals surface area contributed by atoms with Crippen molar-refractivity contribution in [3.63, 3.8) is 0 Å². The number of nitrogens with zero attached hydrogens (tertiary/aromatic N) is 1. The zero-order chi connectivity index (χ0) is 30.9. The predicted octanol–water partition coefficient (Wildman–Crippen LogP) is 6.29. The third-order valence-electron chi connectivity index (χ3n) is 6.54. The molecular weight excluding hydrogens is 596 g/mol. The van der Waals surface area contributed by atoms with E-state index in [4.69, 9.17) is 31.5 Å². The Morgan fingerprint density at radius 3 is 2.26 bits per heavy atom. The van der Waals surface area contributed by atoms with Crippen molar-refractivity contribution in [1.82, 2.24) is 4.98 Å².